The fourth-order valence-corrected chi connectivity index (χ4v) is 0.915. The zero-order valence-corrected chi connectivity index (χ0v) is 7.45. The molecule has 1 aromatic rings. The van der Waals surface area contributed by atoms with E-state index in [0.29, 0.717) is 0 Å². The van der Waals surface area contributed by atoms with Gasteiger partial charge in [-0.1, -0.05) is 12.1 Å². The number of hydrazine groups is 1. The average Bonchev–Trinajstić information content (AvgIpc) is 2.25. The van der Waals surface area contributed by atoms with E-state index in [9.17, 15) is 14.9 Å². The monoisotopic (exact) mass is 209 g/mol. The van der Waals surface area contributed by atoms with Crippen molar-refractivity contribution in [2.45, 2.75) is 0 Å². The van der Waals surface area contributed by atoms with Crippen LogP contribution in [0.3, 0.4) is 0 Å². The van der Waals surface area contributed by atoms with Crippen LogP contribution in [0.2, 0.25) is 0 Å². The van der Waals surface area contributed by atoms with Crippen molar-refractivity contribution in [3.8, 4) is 0 Å². The molecule has 0 saturated carbocycles. The molecule has 0 aliphatic rings. The summed E-state index contributed by atoms with van der Waals surface area (Å²) in [5.74, 6) is 4.33. The van der Waals surface area contributed by atoms with Crippen LogP contribution in [0, 0.1) is 10.1 Å². The van der Waals surface area contributed by atoms with Crippen LogP contribution in [0.1, 0.15) is 10.4 Å². The van der Waals surface area contributed by atoms with Gasteiger partial charge in [0, 0.05) is 0 Å². The van der Waals surface area contributed by atoms with Gasteiger partial charge in [-0.25, -0.2) is 5.84 Å². The molecular formula is C7H7N5O3. The molecule has 8 heteroatoms. The molecule has 3 N–H and O–H groups in total. The Kier molecular flexibility index (Phi) is 3.41. The van der Waals surface area contributed by atoms with Crippen LogP contribution < -0.4 is 11.3 Å². The van der Waals surface area contributed by atoms with Crippen LogP contribution in [-0.4, -0.2) is 10.9 Å². The fourth-order valence-electron chi connectivity index (χ4n) is 0.915. The first-order chi connectivity index (χ1) is 7.15. The largest absolute Gasteiger partial charge is 0.337 e. The van der Waals surface area contributed by atoms with E-state index >= 15 is 0 Å². The van der Waals surface area contributed by atoms with E-state index in [1.54, 1.807) is 12.1 Å². The van der Waals surface area contributed by atoms with Crippen LogP contribution >= 0.6 is 0 Å². The predicted octanol–water partition coefficient (Wildman–Crippen LogP) is 0.565. The molecule has 0 fully saturated rings. The van der Waals surface area contributed by atoms with Crippen molar-refractivity contribution >= 4 is 11.6 Å². The molecule has 0 atom stereocenters. The van der Waals surface area contributed by atoms with E-state index in [-0.39, 0.29) is 11.3 Å². The van der Waals surface area contributed by atoms with Crippen molar-refractivity contribution in [1.29, 1.82) is 0 Å². The number of nitrogen functional groups attached to an aromatic ring is 1. The Morgan fingerprint density at radius 3 is 2.73 bits per heavy atom. The highest BCUT2D eigenvalue weighted by Crippen LogP contribution is 2.18. The summed E-state index contributed by atoms with van der Waals surface area (Å²) < 4.78 is 0. The van der Waals surface area contributed by atoms with E-state index < -0.39 is 10.9 Å². The van der Waals surface area contributed by atoms with Crippen LogP contribution in [0.25, 0.3) is 0 Å². The Bertz CT molecular complexity index is 417. The number of carbonyl (C=O) groups excluding carboxylic acids is 1. The number of nitrogens with zero attached hydrogens (tertiary/aromatic N) is 3. The molecule has 0 unspecified atom stereocenters. The smallest absolute Gasteiger partial charge is 0.269 e. The molecule has 78 valence electrons. The quantitative estimate of drug-likeness (QED) is 0.248. The van der Waals surface area contributed by atoms with Gasteiger partial charge in [0.25, 0.3) is 5.91 Å². The molecule has 15 heavy (non-hydrogen) atoms. The first-order valence-corrected chi connectivity index (χ1v) is 3.81. The van der Waals surface area contributed by atoms with E-state index in [0.717, 1.165) is 0 Å². The summed E-state index contributed by atoms with van der Waals surface area (Å²) in [4.78, 5) is 21.1. The van der Waals surface area contributed by atoms with Gasteiger partial charge in [0.1, 0.15) is 0 Å². The number of carbonyl (C=O) groups is 1. The maximum atomic E-state index is 11.2. The molecule has 0 spiro atoms. The zero-order chi connectivity index (χ0) is 11.3. The zero-order valence-electron chi connectivity index (χ0n) is 7.45. The molecule has 1 aromatic carbocycles. The number of hydrogen-bond acceptors (Lipinski definition) is 5. The molecule has 0 aliphatic heterocycles. The highest BCUT2D eigenvalue weighted by Gasteiger charge is 2.13. The molecule has 0 heterocycles. The number of nitro groups is 1. The van der Waals surface area contributed by atoms with Crippen LogP contribution in [0.4, 0.5) is 5.69 Å². The lowest BCUT2D eigenvalue weighted by molar-refractivity contribution is -0.493. The van der Waals surface area contributed by atoms with Crippen molar-refractivity contribution in [3.05, 3.63) is 39.9 Å². The van der Waals surface area contributed by atoms with E-state index in [1.165, 1.54) is 12.1 Å². The first-order valence-electron chi connectivity index (χ1n) is 3.81. The molecule has 0 radical (unpaired) electrons. The normalized spacial score (nSPS) is 10.2. The molecule has 0 saturated heterocycles. The van der Waals surface area contributed by atoms with Gasteiger partial charge in [-0.2, -0.15) is 0 Å². The SMILES string of the molecule is NNC(=O)c1ccccc1N=N[N+](=O)[O-]. The second-order valence-corrected chi connectivity index (χ2v) is 2.42. The number of benzene rings is 1. The van der Waals surface area contributed by atoms with Crippen LogP contribution in [-0.2, 0) is 0 Å². The standard InChI is InChI=1S/C7H7N5O3/c8-9-7(13)5-3-1-2-4-6(5)10-11-12(14)15/h1-4H,8H2,(H,9,13). The van der Waals surface area contributed by atoms with Crippen molar-refractivity contribution in [1.82, 2.24) is 5.43 Å². The van der Waals surface area contributed by atoms with E-state index in [4.69, 9.17) is 5.84 Å². The number of nitrogens with two attached hydrogens (primary N) is 1. The Balaban J connectivity index is 3.06. The van der Waals surface area contributed by atoms with Gasteiger partial charge in [0.2, 0.25) is 5.69 Å². The summed E-state index contributed by atoms with van der Waals surface area (Å²) in [6.45, 7) is 0. The van der Waals surface area contributed by atoms with Crippen molar-refractivity contribution in [2.75, 3.05) is 0 Å². The van der Waals surface area contributed by atoms with Gasteiger partial charge >= 0.3 is 0 Å². The maximum absolute atomic E-state index is 11.2. The van der Waals surface area contributed by atoms with Gasteiger partial charge in [0.05, 0.1) is 15.7 Å². The van der Waals surface area contributed by atoms with Crippen molar-refractivity contribution in [3.63, 3.8) is 0 Å². The molecule has 0 aliphatic carbocycles. The molecule has 8 nitrogen and oxygen atoms in total. The Hall–Kier alpha value is -2.35. The third-order valence-corrected chi connectivity index (χ3v) is 1.51. The second kappa shape index (κ2) is 4.77. The number of rotatable bonds is 3. The van der Waals surface area contributed by atoms with Crippen molar-refractivity contribution < 1.29 is 9.83 Å². The first kappa shape index (κ1) is 10.7. The predicted molar refractivity (Wildman–Crippen MR) is 49.6 cm³/mol. The third-order valence-electron chi connectivity index (χ3n) is 1.51. The third kappa shape index (κ3) is 2.81. The molecule has 1 amide bonds. The van der Waals surface area contributed by atoms with E-state index in [1.807, 2.05) is 5.43 Å². The van der Waals surface area contributed by atoms with Gasteiger partial charge in [-0.05, 0) is 12.1 Å². The molecule has 1 rings (SSSR count). The minimum absolute atomic E-state index is 0.0807. The fraction of sp³-hybridized carbons (Fsp3) is 0. The lowest BCUT2D eigenvalue weighted by Crippen LogP contribution is -2.29. The summed E-state index contributed by atoms with van der Waals surface area (Å²) in [6.07, 6.45) is 0. The van der Waals surface area contributed by atoms with Gasteiger partial charge in [-0.3, -0.25) is 10.2 Å². The number of nitrogens with one attached hydrogen (secondary N) is 1. The maximum Gasteiger partial charge on any atom is 0.269 e. The van der Waals surface area contributed by atoms with Gasteiger partial charge in [-0.15, -0.1) is 0 Å². The number of hydrogen-bond donors (Lipinski definition) is 2. The molecule has 0 bridgehead atoms. The lowest BCUT2D eigenvalue weighted by Gasteiger charge is -1.97. The topological polar surface area (TPSA) is 123 Å². The van der Waals surface area contributed by atoms with Crippen LogP contribution in [0.5, 0.6) is 0 Å². The van der Waals surface area contributed by atoms with Gasteiger partial charge < -0.3 is 10.1 Å². The number of amides is 1. The Morgan fingerprint density at radius 1 is 1.47 bits per heavy atom. The van der Waals surface area contributed by atoms with Gasteiger partial charge in [0.15, 0.2) is 5.22 Å². The lowest BCUT2D eigenvalue weighted by atomic mass is 10.2. The summed E-state index contributed by atoms with van der Waals surface area (Å²) in [7, 11) is 0. The minimum Gasteiger partial charge on any atom is -0.337 e. The molecular weight excluding hydrogens is 202 g/mol. The minimum atomic E-state index is -0.961. The summed E-state index contributed by atoms with van der Waals surface area (Å²) in [6, 6.07) is 5.99. The highest BCUT2D eigenvalue weighted by molar-refractivity contribution is 5.98. The van der Waals surface area contributed by atoms with Crippen molar-refractivity contribution in [2.24, 2.45) is 16.2 Å². The summed E-state index contributed by atoms with van der Waals surface area (Å²) in [5.41, 5.74) is 2.10. The second-order valence-electron chi connectivity index (χ2n) is 2.42. The van der Waals surface area contributed by atoms with E-state index in [2.05, 4.69) is 10.3 Å². The van der Waals surface area contributed by atoms with Crippen LogP contribution in [0.15, 0.2) is 34.6 Å². The molecule has 0 aromatic heterocycles. The Labute approximate surface area is 83.9 Å². The Morgan fingerprint density at radius 2 is 2.13 bits per heavy atom. The highest BCUT2D eigenvalue weighted by atomic mass is 16.7. The average molecular weight is 209 g/mol. The summed E-state index contributed by atoms with van der Waals surface area (Å²) in [5, 5.41) is 15.0. The summed E-state index contributed by atoms with van der Waals surface area (Å²) >= 11 is 0.